The summed E-state index contributed by atoms with van der Waals surface area (Å²) in [5, 5.41) is 9.89. The second kappa shape index (κ2) is 7.28. The van der Waals surface area contributed by atoms with Crippen LogP contribution in [0.4, 0.5) is 0 Å². The summed E-state index contributed by atoms with van der Waals surface area (Å²) in [7, 11) is 0. The first-order valence-electron chi connectivity index (χ1n) is 5.80. The first-order chi connectivity index (χ1) is 7.65. The van der Waals surface area contributed by atoms with E-state index in [1.807, 2.05) is 12.1 Å². The van der Waals surface area contributed by atoms with Gasteiger partial charge >= 0.3 is 0 Å². The lowest BCUT2D eigenvalue weighted by Gasteiger charge is -2.19. The van der Waals surface area contributed by atoms with Crippen LogP contribution in [0.15, 0.2) is 12.1 Å². The molecule has 0 aromatic carbocycles. The fourth-order valence-corrected chi connectivity index (χ4v) is 2.83. The SMILES string of the molecule is CCN(CC)CCC(O)Cc1ccc(Cl)s1. The van der Waals surface area contributed by atoms with Gasteiger partial charge in [0.25, 0.3) is 0 Å². The van der Waals surface area contributed by atoms with Crippen molar-refractivity contribution in [1.82, 2.24) is 4.90 Å². The van der Waals surface area contributed by atoms with E-state index in [-0.39, 0.29) is 6.10 Å². The predicted molar refractivity (Wildman–Crippen MR) is 71.4 cm³/mol. The van der Waals surface area contributed by atoms with Crippen LogP contribution in [0.2, 0.25) is 4.34 Å². The molecule has 0 saturated heterocycles. The lowest BCUT2D eigenvalue weighted by atomic mass is 10.1. The Morgan fingerprint density at radius 2 is 2.06 bits per heavy atom. The molecular formula is C12H20ClNOS. The molecule has 4 heteroatoms. The van der Waals surface area contributed by atoms with Crippen LogP contribution in [0, 0.1) is 0 Å². The highest BCUT2D eigenvalue weighted by atomic mass is 35.5. The molecule has 0 bridgehead atoms. The van der Waals surface area contributed by atoms with E-state index in [1.54, 1.807) is 11.3 Å². The van der Waals surface area contributed by atoms with Crippen LogP contribution in [0.3, 0.4) is 0 Å². The molecule has 0 aliphatic carbocycles. The quantitative estimate of drug-likeness (QED) is 0.816. The summed E-state index contributed by atoms with van der Waals surface area (Å²) >= 11 is 7.40. The zero-order chi connectivity index (χ0) is 12.0. The van der Waals surface area contributed by atoms with Gasteiger partial charge in [-0.1, -0.05) is 25.4 Å². The van der Waals surface area contributed by atoms with Gasteiger partial charge in [0, 0.05) is 17.8 Å². The molecule has 0 aliphatic rings. The van der Waals surface area contributed by atoms with Gasteiger partial charge in [-0.2, -0.15) is 0 Å². The molecule has 1 aromatic rings. The maximum atomic E-state index is 9.89. The minimum atomic E-state index is -0.254. The van der Waals surface area contributed by atoms with Gasteiger partial charge in [0.15, 0.2) is 0 Å². The Balaban J connectivity index is 2.27. The van der Waals surface area contributed by atoms with Gasteiger partial charge in [0.2, 0.25) is 0 Å². The van der Waals surface area contributed by atoms with Crippen LogP contribution in [0.1, 0.15) is 25.1 Å². The van der Waals surface area contributed by atoms with E-state index in [2.05, 4.69) is 18.7 Å². The van der Waals surface area contributed by atoms with Crippen LogP contribution in [0.5, 0.6) is 0 Å². The zero-order valence-electron chi connectivity index (χ0n) is 9.95. The number of rotatable bonds is 7. The van der Waals surface area contributed by atoms with Gasteiger partial charge in [0.05, 0.1) is 10.4 Å². The monoisotopic (exact) mass is 261 g/mol. The van der Waals surface area contributed by atoms with Gasteiger partial charge in [-0.05, 0) is 31.6 Å². The standard InChI is InChI=1S/C12H20ClNOS/c1-3-14(4-2)8-7-10(15)9-11-5-6-12(13)16-11/h5-6,10,15H,3-4,7-9H2,1-2H3. The van der Waals surface area contributed by atoms with Gasteiger partial charge in [0.1, 0.15) is 0 Å². The lowest BCUT2D eigenvalue weighted by Crippen LogP contribution is -2.27. The van der Waals surface area contributed by atoms with E-state index in [4.69, 9.17) is 11.6 Å². The number of thiophene rings is 1. The molecule has 0 saturated carbocycles. The molecule has 1 aromatic heterocycles. The van der Waals surface area contributed by atoms with Crippen LogP contribution in [-0.2, 0) is 6.42 Å². The Kier molecular flexibility index (Phi) is 6.36. The topological polar surface area (TPSA) is 23.5 Å². The largest absolute Gasteiger partial charge is 0.393 e. The molecular weight excluding hydrogens is 242 g/mol. The molecule has 0 spiro atoms. The molecule has 1 rings (SSSR count). The summed E-state index contributed by atoms with van der Waals surface area (Å²) in [5.41, 5.74) is 0. The van der Waals surface area contributed by atoms with E-state index in [0.717, 1.165) is 41.7 Å². The molecule has 0 amide bonds. The normalized spacial score (nSPS) is 13.3. The Morgan fingerprint density at radius 1 is 1.38 bits per heavy atom. The fraction of sp³-hybridized carbons (Fsp3) is 0.667. The van der Waals surface area contributed by atoms with Crippen molar-refractivity contribution in [1.29, 1.82) is 0 Å². The third kappa shape index (κ3) is 4.83. The van der Waals surface area contributed by atoms with E-state index < -0.39 is 0 Å². The second-order valence-electron chi connectivity index (χ2n) is 3.88. The Hall–Kier alpha value is -0.0900. The summed E-state index contributed by atoms with van der Waals surface area (Å²) in [6.45, 7) is 7.36. The van der Waals surface area contributed by atoms with Crippen molar-refractivity contribution in [3.05, 3.63) is 21.3 Å². The number of aliphatic hydroxyl groups excluding tert-OH is 1. The van der Waals surface area contributed by atoms with E-state index >= 15 is 0 Å². The second-order valence-corrected chi connectivity index (χ2v) is 5.68. The van der Waals surface area contributed by atoms with Crippen molar-refractivity contribution >= 4 is 22.9 Å². The first kappa shape index (κ1) is 14.0. The highest BCUT2D eigenvalue weighted by Gasteiger charge is 2.09. The smallest absolute Gasteiger partial charge is 0.0931 e. The summed E-state index contributed by atoms with van der Waals surface area (Å²) in [4.78, 5) is 3.49. The number of halogens is 1. The van der Waals surface area contributed by atoms with Crippen molar-refractivity contribution in [3.63, 3.8) is 0 Å². The van der Waals surface area contributed by atoms with Gasteiger partial charge < -0.3 is 10.0 Å². The molecule has 1 unspecified atom stereocenters. The number of nitrogens with zero attached hydrogens (tertiary/aromatic N) is 1. The summed E-state index contributed by atoms with van der Waals surface area (Å²) < 4.78 is 0.797. The highest BCUT2D eigenvalue weighted by Crippen LogP contribution is 2.22. The van der Waals surface area contributed by atoms with E-state index in [9.17, 15) is 5.11 Å². The number of hydrogen-bond acceptors (Lipinski definition) is 3. The van der Waals surface area contributed by atoms with Gasteiger partial charge in [-0.25, -0.2) is 0 Å². The highest BCUT2D eigenvalue weighted by molar-refractivity contribution is 7.16. The Bertz CT molecular complexity index is 299. The number of hydrogen-bond donors (Lipinski definition) is 1. The van der Waals surface area contributed by atoms with Crippen molar-refractivity contribution in [3.8, 4) is 0 Å². The van der Waals surface area contributed by atoms with E-state index in [0.29, 0.717) is 0 Å². The van der Waals surface area contributed by atoms with Crippen LogP contribution in [0.25, 0.3) is 0 Å². The minimum Gasteiger partial charge on any atom is -0.393 e. The molecule has 2 nitrogen and oxygen atoms in total. The summed E-state index contributed by atoms with van der Waals surface area (Å²) in [6, 6.07) is 3.88. The van der Waals surface area contributed by atoms with Crippen molar-refractivity contribution in [2.75, 3.05) is 19.6 Å². The molecule has 1 heterocycles. The average molecular weight is 262 g/mol. The Morgan fingerprint density at radius 3 is 2.56 bits per heavy atom. The molecule has 92 valence electrons. The minimum absolute atomic E-state index is 0.254. The Labute approximate surface area is 107 Å². The van der Waals surface area contributed by atoms with Crippen molar-refractivity contribution in [2.45, 2.75) is 32.8 Å². The van der Waals surface area contributed by atoms with Crippen molar-refractivity contribution in [2.24, 2.45) is 0 Å². The maximum absolute atomic E-state index is 9.89. The molecule has 0 aliphatic heterocycles. The first-order valence-corrected chi connectivity index (χ1v) is 6.99. The van der Waals surface area contributed by atoms with Crippen LogP contribution >= 0.6 is 22.9 Å². The maximum Gasteiger partial charge on any atom is 0.0931 e. The molecule has 0 fully saturated rings. The van der Waals surface area contributed by atoms with Crippen molar-refractivity contribution < 1.29 is 5.11 Å². The summed E-state index contributed by atoms with van der Waals surface area (Å²) in [6.07, 6.45) is 1.30. The number of aliphatic hydroxyl groups is 1. The molecule has 1 atom stereocenters. The molecule has 0 radical (unpaired) electrons. The van der Waals surface area contributed by atoms with E-state index in [1.165, 1.54) is 0 Å². The molecule has 1 N–H and O–H groups in total. The molecule has 16 heavy (non-hydrogen) atoms. The average Bonchev–Trinajstić information content (AvgIpc) is 2.65. The third-order valence-corrected chi connectivity index (χ3v) is 3.99. The lowest BCUT2D eigenvalue weighted by molar-refractivity contribution is 0.144. The van der Waals surface area contributed by atoms with Crippen LogP contribution in [-0.4, -0.2) is 35.7 Å². The predicted octanol–water partition coefficient (Wildman–Crippen LogP) is 3.04. The summed E-state index contributed by atoms with van der Waals surface area (Å²) in [5.74, 6) is 0. The zero-order valence-corrected chi connectivity index (χ0v) is 11.5. The fourth-order valence-electron chi connectivity index (χ4n) is 1.67. The van der Waals surface area contributed by atoms with Gasteiger partial charge in [-0.3, -0.25) is 0 Å². The van der Waals surface area contributed by atoms with Crippen LogP contribution < -0.4 is 0 Å². The van der Waals surface area contributed by atoms with Gasteiger partial charge in [-0.15, -0.1) is 11.3 Å². The third-order valence-electron chi connectivity index (χ3n) is 2.74.